The van der Waals surface area contributed by atoms with Gasteiger partial charge in [-0.3, -0.25) is 9.69 Å². The molecule has 1 aliphatic carbocycles. The third-order valence-corrected chi connectivity index (χ3v) is 5.28. The SMILES string of the molecule is Cc1ccc(Cl)c(OC(=O)CN2C(=O)NC3(CCC(C)CC3)C2=O)c1. The maximum Gasteiger partial charge on any atom is 0.331 e. The number of hydrogen-bond donors (Lipinski definition) is 1. The summed E-state index contributed by atoms with van der Waals surface area (Å²) in [7, 11) is 0. The van der Waals surface area contributed by atoms with E-state index in [0.29, 0.717) is 23.8 Å². The number of rotatable bonds is 3. The number of hydrogen-bond acceptors (Lipinski definition) is 4. The summed E-state index contributed by atoms with van der Waals surface area (Å²) in [5.74, 6) is -0.272. The Morgan fingerprint density at radius 2 is 2.04 bits per heavy atom. The molecule has 134 valence electrons. The number of amides is 3. The molecule has 0 bridgehead atoms. The van der Waals surface area contributed by atoms with Crippen LogP contribution in [0.3, 0.4) is 0 Å². The molecule has 1 aliphatic heterocycles. The summed E-state index contributed by atoms with van der Waals surface area (Å²) in [6.07, 6.45) is 2.97. The molecular weight excluding hydrogens is 344 g/mol. The highest BCUT2D eigenvalue weighted by atomic mass is 35.5. The zero-order chi connectivity index (χ0) is 18.2. The Kier molecular flexibility index (Phi) is 4.73. The molecule has 2 fully saturated rings. The van der Waals surface area contributed by atoms with E-state index < -0.39 is 24.1 Å². The third-order valence-electron chi connectivity index (χ3n) is 4.97. The molecule has 1 saturated carbocycles. The van der Waals surface area contributed by atoms with Crippen molar-refractivity contribution in [3.8, 4) is 5.75 Å². The van der Waals surface area contributed by atoms with Crippen molar-refractivity contribution in [1.82, 2.24) is 10.2 Å². The fourth-order valence-electron chi connectivity index (χ4n) is 3.39. The van der Waals surface area contributed by atoms with Gasteiger partial charge in [0.25, 0.3) is 5.91 Å². The van der Waals surface area contributed by atoms with Crippen molar-refractivity contribution in [3.05, 3.63) is 28.8 Å². The fourth-order valence-corrected chi connectivity index (χ4v) is 3.54. The first-order chi connectivity index (χ1) is 11.8. The predicted octanol–water partition coefficient (Wildman–Crippen LogP) is 3.05. The van der Waals surface area contributed by atoms with Crippen LogP contribution < -0.4 is 10.1 Å². The number of carbonyl (C=O) groups is 3. The Labute approximate surface area is 151 Å². The molecular formula is C18H21ClN2O4. The standard InChI is InChI=1S/C18H21ClN2O4/c1-11-5-7-18(8-6-11)16(23)21(17(24)20-18)10-15(22)25-14-9-12(2)3-4-13(14)19/h3-4,9,11H,5-8,10H2,1-2H3,(H,20,24). The van der Waals surface area contributed by atoms with Gasteiger partial charge in [-0.15, -0.1) is 0 Å². The first-order valence-electron chi connectivity index (χ1n) is 8.42. The molecule has 1 N–H and O–H groups in total. The van der Waals surface area contributed by atoms with Crippen LogP contribution >= 0.6 is 11.6 Å². The van der Waals surface area contributed by atoms with Crippen LogP contribution in [0.1, 0.15) is 38.2 Å². The van der Waals surface area contributed by atoms with Gasteiger partial charge in [0.1, 0.15) is 17.8 Å². The topological polar surface area (TPSA) is 75.7 Å². The van der Waals surface area contributed by atoms with Crippen LogP contribution in [0, 0.1) is 12.8 Å². The van der Waals surface area contributed by atoms with Crippen molar-refractivity contribution < 1.29 is 19.1 Å². The summed E-state index contributed by atoms with van der Waals surface area (Å²) < 4.78 is 5.23. The predicted molar refractivity (Wildman–Crippen MR) is 92.4 cm³/mol. The third kappa shape index (κ3) is 3.49. The summed E-state index contributed by atoms with van der Waals surface area (Å²) in [6, 6.07) is 4.53. The van der Waals surface area contributed by atoms with Gasteiger partial charge >= 0.3 is 12.0 Å². The molecule has 2 aliphatic rings. The molecule has 7 heteroatoms. The number of halogens is 1. The van der Waals surface area contributed by atoms with E-state index in [1.807, 2.05) is 6.92 Å². The van der Waals surface area contributed by atoms with Crippen molar-refractivity contribution in [1.29, 1.82) is 0 Å². The van der Waals surface area contributed by atoms with E-state index in [-0.39, 0.29) is 11.7 Å². The molecule has 0 aromatic heterocycles. The normalized spacial score (nSPS) is 26.0. The second-order valence-corrected chi connectivity index (χ2v) is 7.40. The van der Waals surface area contributed by atoms with Crippen LogP contribution in [0.5, 0.6) is 5.75 Å². The van der Waals surface area contributed by atoms with Crippen molar-refractivity contribution in [2.24, 2.45) is 5.92 Å². The van der Waals surface area contributed by atoms with Gasteiger partial charge in [0.05, 0.1) is 5.02 Å². The molecule has 3 amide bonds. The number of urea groups is 1. The minimum absolute atomic E-state index is 0.222. The summed E-state index contributed by atoms with van der Waals surface area (Å²) in [4.78, 5) is 38.1. The van der Waals surface area contributed by atoms with Crippen LogP contribution in [0.15, 0.2) is 18.2 Å². The average molecular weight is 365 g/mol. The first-order valence-corrected chi connectivity index (χ1v) is 8.79. The number of ether oxygens (including phenoxy) is 1. The van der Waals surface area contributed by atoms with Crippen molar-refractivity contribution in [2.45, 2.75) is 45.1 Å². The Bertz CT molecular complexity index is 726. The number of nitrogens with one attached hydrogen (secondary N) is 1. The van der Waals surface area contributed by atoms with Crippen LogP contribution in [-0.2, 0) is 9.59 Å². The molecule has 0 atom stereocenters. The van der Waals surface area contributed by atoms with E-state index in [1.165, 1.54) is 0 Å². The van der Waals surface area contributed by atoms with E-state index in [0.717, 1.165) is 23.3 Å². The van der Waals surface area contributed by atoms with Gasteiger partial charge in [-0.25, -0.2) is 9.59 Å². The highest BCUT2D eigenvalue weighted by molar-refractivity contribution is 6.32. The Hall–Kier alpha value is -2.08. The van der Waals surface area contributed by atoms with E-state index in [4.69, 9.17) is 16.3 Å². The molecule has 1 aromatic carbocycles. The second kappa shape index (κ2) is 6.67. The number of aryl methyl sites for hydroxylation is 1. The maximum absolute atomic E-state index is 12.7. The molecule has 3 rings (SSSR count). The van der Waals surface area contributed by atoms with Gasteiger partial charge < -0.3 is 10.1 Å². The lowest BCUT2D eigenvalue weighted by Gasteiger charge is -2.33. The Balaban J connectivity index is 1.68. The lowest BCUT2D eigenvalue weighted by molar-refractivity contribution is -0.141. The van der Waals surface area contributed by atoms with E-state index in [9.17, 15) is 14.4 Å². The lowest BCUT2D eigenvalue weighted by Crippen LogP contribution is -2.49. The number of benzene rings is 1. The quantitative estimate of drug-likeness (QED) is 0.508. The zero-order valence-corrected chi connectivity index (χ0v) is 15.1. The van der Waals surface area contributed by atoms with Crippen molar-refractivity contribution >= 4 is 29.5 Å². The smallest absolute Gasteiger partial charge is 0.331 e. The molecule has 25 heavy (non-hydrogen) atoms. The van der Waals surface area contributed by atoms with Gasteiger partial charge in [-0.1, -0.05) is 24.6 Å². The van der Waals surface area contributed by atoms with Crippen LogP contribution in [-0.4, -0.2) is 34.9 Å². The van der Waals surface area contributed by atoms with Crippen LogP contribution in [0.25, 0.3) is 0 Å². The highest BCUT2D eigenvalue weighted by Crippen LogP contribution is 2.36. The van der Waals surface area contributed by atoms with Crippen molar-refractivity contribution in [2.75, 3.05) is 6.54 Å². The molecule has 1 spiro atoms. The molecule has 6 nitrogen and oxygen atoms in total. The van der Waals surface area contributed by atoms with Gasteiger partial charge in [-0.05, 0) is 56.2 Å². The first kappa shape index (κ1) is 17.7. The van der Waals surface area contributed by atoms with Gasteiger partial charge in [0.15, 0.2) is 0 Å². The number of nitrogens with zero attached hydrogens (tertiary/aromatic N) is 1. The number of esters is 1. The fraction of sp³-hybridized carbons (Fsp3) is 0.500. The summed E-state index contributed by atoms with van der Waals surface area (Å²) >= 11 is 6.01. The molecule has 1 aromatic rings. The van der Waals surface area contributed by atoms with Gasteiger partial charge in [0.2, 0.25) is 0 Å². The highest BCUT2D eigenvalue weighted by Gasteiger charge is 2.52. The molecule has 1 saturated heterocycles. The second-order valence-electron chi connectivity index (χ2n) is 6.99. The minimum Gasteiger partial charge on any atom is -0.424 e. The van der Waals surface area contributed by atoms with E-state index in [1.54, 1.807) is 18.2 Å². The van der Waals surface area contributed by atoms with Crippen molar-refractivity contribution in [3.63, 3.8) is 0 Å². The summed E-state index contributed by atoms with van der Waals surface area (Å²) in [5.41, 5.74) is 0.0303. The van der Waals surface area contributed by atoms with E-state index >= 15 is 0 Å². The number of imide groups is 1. The Morgan fingerprint density at radius 1 is 1.36 bits per heavy atom. The van der Waals surface area contributed by atoms with Crippen LogP contribution in [0.4, 0.5) is 4.79 Å². The Morgan fingerprint density at radius 3 is 2.72 bits per heavy atom. The zero-order valence-electron chi connectivity index (χ0n) is 14.3. The summed E-state index contributed by atoms with van der Waals surface area (Å²) in [6.45, 7) is 3.56. The van der Waals surface area contributed by atoms with Gasteiger partial charge in [-0.2, -0.15) is 0 Å². The summed E-state index contributed by atoms with van der Waals surface area (Å²) in [5, 5.41) is 3.08. The van der Waals surface area contributed by atoms with Gasteiger partial charge in [0, 0.05) is 0 Å². The lowest BCUT2D eigenvalue weighted by atomic mass is 9.77. The molecule has 0 unspecified atom stereocenters. The minimum atomic E-state index is -0.856. The molecule has 0 radical (unpaired) electrons. The monoisotopic (exact) mass is 364 g/mol. The van der Waals surface area contributed by atoms with Crippen LogP contribution in [0.2, 0.25) is 5.02 Å². The maximum atomic E-state index is 12.7. The van der Waals surface area contributed by atoms with E-state index in [2.05, 4.69) is 12.2 Å². The largest absolute Gasteiger partial charge is 0.424 e. The molecule has 1 heterocycles. The average Bonchev–Trinajstić information content (AvgIpc) is 2.78. The number of carbonyl (C=O) groups excluding carboxylic acids is 3.